The summed E-state index contributed by atoms with van der Waals surface area (Å²) in [6, 6.07) is 5.76. The van der Waals surface area contributed by atoms with Crippen molar-refractivity contribution in [2.45, 2.75) is 19.4 Å². The molecule has 1 aromatic carbocycles. The number of hydrogen-bond donors (Lipinski definition) is 1. The Bertz CT molecular complexity index is 338. The SMILES string of the molecule is CCOC(=O)C(O)Cc1cccc(F)c1. The van der Waals surface area contributed by atoms with E-state index in [0.29, 0.717) is 5.56 Å². The van der Waals surface area contributed by atoms with Crippen LogP contribution in [0.3, 0.4) is 0 Å². The summed E-state index contributed by atoms with van der Waals surface area (Å²) in [7, 11) is 0. The first-order chi connectivity index (χ1) is 7.13. The normalized spacial score (nSPS) is 12.2. The maximum Gasteiger partial charge on any atom is 0.335 e. The van der Waals surface area contributed by atoms with Crippen LogP contribution >= 0.6 is 0 Å². The standard InChI is InChI=1S/C11H13FO3/c1-2-15-11(14)10(13)7-8-4-3-5-9(12)6-8/h3-6,10,13H,2,7H2,1H3. The second-order valence-corrected chi connectivity index (χ2v) is 3.10. The molecule has 0 spiro atoms. The van der Waals surface area contributed by atoms with Crippen LogP contribution in [0.25, 0.3) is 0 Å². The summed E-state index contributed by atoms with van der Waals surface area (Å²) >= 11 is 0. The summed E-state index contributed by atoms with van der Waals surface area (Å²) in [5, 5.41) is 9.40. The van der Waals surface area contributed by atoms with Crippen molar-refractivity contribution in [2.24, 2.45) is 0 Å². The van der Waals surface area contributed by atoms with Crippen molar-refractivity contribution in [1.82, 2.24) is 0 Å². The third-order valence-electron chi connectivity index (χ3n) is 1.88. The van der Waals surface area contributed by atoms with Crippen LogP contribution in [0.2, 0.25) is 0 Å². The lowest BCUT2D eigenvalue weighted by molar-refractivity contribution is -0.152. The third-order valence-corrected chi connectivity index (χ3v) is 1.88. The first kappa shape index (κ1) is 11.7. The molecule has 15 heavy (non-hydrogen) atoms. The number of carbonyl (C=O) groups excluding carboxylic acids is 1. The van der Waals surface area contributed by atoms with Crippen LogP contribution in [0.15, 0.2) is 24.3 Å². The van der Waals surface area contributed by atoms with E-state index in [1.807, 2.05) is 0 Å². The molecule has 0 fully saturated rings. The van der Waals surface area contributed by atoms with Crippen LogP contribution < -0.4 is 0 Å². The molecule has 0 bridgehead atoms. The minimum absolute atomic E-state index is 0.0661. The fourth-order valence-electron chi connectivity index (χ4n) is 1.21. The quantitative estimate of drug-likeness (QED) is 0.765. The Labute approximate surface area is 87.5 Å². The molecule has 1 unspecified atom stereocenters. The van der Waals surface area contributed by atoms with E-state index in [-0.39, 0.29) is 18.8 Å². The molecule has 0 heterocycles. The van der Waals surface area contributed by atoms with Gasteiger partial charge in [0, 0.05) is 6.42 Å². The smallest absolute Gasteiger partial charge is 0.335 e. The predicted octanol–water partition coefficient (Wildman–Crippen LogP) is 1.29. The van der Waals surface area contributed by atoms with E-state index in [4.69, 9.17) is 0 Å². The summed E-state index contributed by atoms with van der Waals surface area (Å²) < 4.78 is 17.4. The maximum absolute atomic E-state index is 12.8. The molecule has 0 saturated heterocycles. The number of carbonyl (C=O) groups is 1. The minimum Gasteiger partial charge on any atom is -0.464 e. The highest BCUT2D eigenvalue weighted by molar-refractivity contribution is 5.74. The van der Waals surface area contributed by atoms with Crippen molar-refractivity contribution >= 4 is 5.97 Å². The van der Waals surface area contributed by atoms with Crippen LogP contribution in [-0.2, 0) is 16.0 Å². The lowest BCUT2D eigenvalue weighted by Gasteiger charge is -2.09. The molecule has 4 heteroatoms. The fraction of sp³-hybridized carbons (Fsp3) is 0.364. The van der Waals surface area contributed by atoms with Crippen molar-refractivity contribution in [3.05, 3.63) is 35.6 Å². The van der Waals surface area contributed by atoms with Crippen molar-refractivity contribution in [1.29, 1.82) is 0 Å². The summed E-state index contributed by atoms with van der Waals surface area (Å²) in [5.74, 6) is -1.06. The van der Waals surface area contributed by atoms with Gasteiger partial charge in [-0.05, 0) is 24.6 Å². The average molecular weight is 212 g/mol. The molecule has 0 saturated carbocycles. The molecule has 0 radical (unpaired) electrons. The fourth-order valence-corrected chi connectivity index (χ4v) is 1.21. The second kappa shape index (κ2) is 5.46. The number of hydrogen-bond acceptors (Lipinski definition) is 3. The van der Waals surface area contributed by atoms with Crippen LogP contribution in [0.1, 0.15) is 12.5 Å². The Balaban J connectivity index is 2.58. The molecule has 82 valence electrons. The van der Waals surface area contributed by atoms with Gasteiger partial charge in [0.25, 0.3) is 0 Å². The first-order valence-corrected chi connectivity index (χ1v) is 4.72. The number of benzene rings is 1. The summed E-state index contributed by atoms with van der Waals surface area (Å²) in [5.41, 5.74) is 0.565. The Hall–Kier alpha value is -1.42. The van der Waals surface area contributed by atoms with Crippen LogP contribution in [-0.4, -0.2) is 23.8 Å². The molecule has 1 aromatic rings. The van der Waals surface area contributed by atoms with Gasteiger partial charge in [-0.25, -0.2) is 9.18 Å². The van der Waals surface area contributed by atoms with Gasteiger partial charge in [-0.3, -0.25) is 0 Å². The molecule has 0 aromatic heterocycles. The summed E-state index contributed by atoms with van der Waals surface area (Å²) in [4.78, 5) is 11.1. The largest absolute Gasteiger partial charge is 0.464 e. The number of esters is 1. The second-order valence-electron chi connectivity index (χ2n) is 3.10. The van der Waals surface area contributed by atoms with E-state index in [2.05, 4.69) is 4.74 Å². The van der Waals surface area contributed by atoms with E-state index in [1.165, 1.54) is 18.2 Å². The van der Waals surface area contributed by atoms with Crippen LogP contribution in [0, 0.1) is 5.82 Å². The highest BCUT2D eigenvalue weighted by Crippen LogP contribution is 2.07. The highest BCUT2D eigenvalue weighted by Gasteiger charge is 2.16. The third kappa shape index (κ3) is 3.67. The minimum atomic E-state index is -1.23. The summed E-state index contributed by atoms with van der Waals surface area (Å²) in [6.07, 6.45) is -1.16. The molecule has 0 amide bonds. The molecule has 1 atom stereocenters. The van der Waals surface area contributed by atoms with Crippen molar-refractivity contribution in [3.8, 4) is 0 Å². The number of ether oxygens (including phenoxy) is 1. The van der Waals surface area contributed by atoms with Crippen molar-refractivity contribution in [2.75, 3.05) is 6.61 Å². The Morgan fingerprint density at radius 2 is 2.33 bits per heavy atom. The predicted molar refractivity (Wildman–Crippen MR) is 52.7 cm³/mol. The summed E-state index contributed by atoms with van der Waals surface area (Å²) in [6.45, 7) is 1.88. The van der Waals surface area contributed by atoms with E-state index < -0.39 is 12.1 Å². The van der Waals surface area contributed by atoms with E-state index in [9.17, 15) is 14.3 Å². The van der Waals surface area contributed by atoms with Gasteiger partial charge in [-0.2, -0.15) is 0 Å². The van der Waals surface area contributed by atoms with Gasteiger partial charge in [-0.1, -0.05) is 12.1 Å². The number of aliphatic hydroxyl groups is 1. The van der Waals surface area contributed by atoms with Gasteiger partial charge in [0.15, 0.2) is 6.10 Å². The molecule has 0 aliphatic carbocycles. The Kier molecular flexibility index (Phi) is 4.24. The van der Waals surface area contributed by atoms with Gasteiger partial charge in [0.1, 0.15) is 5.82 Å². The molecular weight excluding hydrogens is 199 g/mol. The number of rotatable bonds is 4. The Morgan fingerprint density at radius 3 is 2.93 bits per heavy atom. The molecular formula is C11H13FO3. The molecule has 3 nitrogen and oxygen atoms in total. The highest BCUT2D eigenvalue weighted by atomic mass is 19.1. The molecule has 0 aliphatic heterocycles. The lowest BCUT2D eigenvalue weighted by atomic mass is 10.1. The van der Waals surface area contributed by atoms with Gasteiger partial charge in [-0.15, -0.1) is 0 Å². The molecule has 0 aliphatic rings. The van der Waals surface area contributed by atoms with E-state index >= 15 is 0 Å². The van der Waals surface area contributed by atoms with E-state index in [0.717, 1.165) is 0 Å². The first-order valence-electron chi connectivity index (χ1n) is 4.72. The molecule has 1 N–H and O–H groups in total. The lowest BCUT2D eigenvalue weighted by Crippen LogP contribution is -2.25. The average Bonchev–Trinajstić information content (AvgIpc) is 2.18. The van der Waals surface area contributed by atoms with Gasteiger partial charge in [0.2, 0.25) is 0 Å². The van der Waals surface area contributed by atoms with Crippen molar-refractivity contribution < 1.29 is 19.0 Å². The van der Waals surface area contributed by atoms with Gasteiger partial charge in [0.05, 0.1) is 6.61 Å². The zero-order valence-electron chi connectivity index (χ0n) is 8.44. The zero-order chi connectivity index (χ0) is 11.3. The number of halogens is 1. The van der Waals surface area contributed by atoms with Crippen LogP contribution in [0.4, 0.5) is 4.39 Å². The maximum atomic E-state index is 12.8. The monoisotopic (exact) mass is 212 g/mol. The van der Waals surface area contributed by atoms with E-state index in [1.54, 1.807) is 13.0 Å². The Morgan fingerprint density at radius 1 is 1.60 bits per heavy atom. The molecule has 1 rings (SSSR count). The number of aliphatic hydroxyl groups excluding tert-OH is 1. The van der Waals surface area contributed by atoms with Gasteiger partial charge >= 0.3 is 5.97 Å². The van der Waals surface area contributed by atoms with Crippen LogP contribution in [0.5, 0.6) is 0 Å². The van der Waals surface area contributed by atoms with Crippen molar-refractivity contribution in [3.63, 3.8) is 0 Å². The van der Waals surface area contributed by atoms with Gasteiger partial charge < -0.3 is 9.84 Å². The topological polar surface area (TPSA) is 46.5 Å². The zero-order valence-corrected chi connectivity index (χ0v) is 8.44.